The van der Waals surface area contributed by atoms with E-state index in [4.69, 9.17) is 24.7 Å². The molecular formula is C12H28N2O5S. The van der Waals surface area contributed by atoms with Gasteiger partial charge in [-0.3, -0.25) is 0 Å². The zero-order chi connectivity index (χ0) is 14.9. The molecule has 1 atom stereocenters. The average molecular weight is 312 g/mol. The minimum absolute atomic E-state index is 0.528. The van der Waals surface area contributed by atoms with Gasteiger partial charge in [0.1, 0.15) is 0 Å². The van der Waals surface area contributed by atoms with Crippen LogP contribution in [-0.2, 0) is 29.9 Å². The summed E-state index contributed by atoms with van der Waals surface area (Å²) in [5.74, 6) is 0.611. The molecular weight excluding hydrogens is 284 g/mol. The number of rotatable bonds is 16. The van der Waals surface area contributed by atoms with Crippen LogP contribution in [0.3, 0.4) is 0 Å². The highest BCUT2D eigenvalue weighted by molar-refractivity contribution is 7.82. The average Bonchev–Trinajstić information content (AvgIpc) is 2.47. The molecule has 0 saturated carbocycles. The molecule has 122 valence electrons. The Balaban J connectivity index is 2.97. The van der Waals surface area contributed by atoms with Crippen LogP contribution < -0.4 is 10.5 Å². The van der Waals surface area contributed by atoms with Crippen molar-refractivity contribution in [3.05, 3.63) is 0 Å². The first-order valence-electron chi connectivity index (χ1n) is 6.94. The Hall–Kier alpha value is -0.0900. The quantitative estimate of drug-likeness (QED) is 0.366. The molecule has 0 spiro atoms. The van der Waals surface area contributed by atoms with Crippen molar-refractivity contribution in [3.63, 3.8) is 0 Å². The SMILES string of the molecule is CCS(=O)NCCOCCOCCOCCOCCN. The first-order valence-corrected chi connectivity index (χ1v) is 8.26. The molecule has 20 heavy (non-hydrogen) atoms. The highest BCUT2D eigenvalue weighted by Gasteiger charge is 1.94. The van der Waals surface area contributed by atoms with Gasteiger partial charge in [-0.05, 0) is 0 Å². The van der Waals surface area contributed by atoms with E-state index >= 15 is 0 Å². The van der Waals surface area contributed by atoms with Gasteiger partial charge in [0, 0.05) is 18.8 Å². The third-order valence-electron chi connectivity index (χ3n) is 2.15. The predicted octanol–water partition coefficient (Wildman–Crippen LogP) is -0.715. The van der Waals surface area contributed by atoms with Gasteiger partial charge >= 0.3 is 0 Å². The molecule has 0 aliphatic heterocycles. The van der Waals surface area contributed by atoms with Crippen LogP contribution in [0.25, 0.3) is 0 Å². The zero-order valence-electron chi connectivity index (χ0n) is 12.3. The normalized spacial score (nSPS) is 12.7. The molecule has 0 fully saturated rings. The van der Waals surface area contributed by atoms with Gasteiger partial charge in [-0.1, -0.05) is 6.92 Å². The van der Waals surface area contributed by atoms with E-state index in [0.717, 1.165) is 0 Å². The summed E-state index contributed by atoms with van der Waals surface area (Å²) in [7, 11) is -0.938. The van der Waals surface area contributed by atoms with Crippen LogP contribution in [-0.4, -0.2) is 75.9 Å². The van der Waals surface area contributed by atoms with Gasteiger partial charge in [0.2, 0.25) is 0 Å². The monoisotopic (exact) mass is 312 g/mol. The van der Waals surface area contributed by atoms with E-state index < -0.39 is 11.0 Å². The first kappa shape index (κ1) is 19.9. The first-order chi connectivity index (χ1) is 9.81. The summed E-state index contributed by atoms with van der Waals surface area (Å²) in [5.41, 5.74) is 5.27. The van der Waals surface area contributed by atoms with Crippen molar-refractivity contribution in [3.8, 4) is 0 Å². The van der Waals surface area contributed by atoms with E-state index in [2.05, 4.69) is 4.72 Å². The molecule has 0 rings (SSSR count). The van der Waals surface area contributed by atoms with Crippen molar-refractivity contribution >= 4 is 11.0 Å². The van der Waals surface area contributed by atoms with Crippen molar-refractivity contribution in [1.82, 2.24) is 4.72 Å². The summed E-state index contributed by atoms with van der Waals surface area (Å²) >= 11 is 0. The Morgan fingerprint density at radius 1 is 0.850 bits per heavy atom. The van der Waals surface area contributed by atoms with Crippen molar-refractivity contribution < 1.29 is 23.2 Å². The summed E-state index contributed by atoms with van der Waals surface area (Å²) in [6.07, 6.45) is 0. The number of hydrogen-bond acceptors (Lipinski definition) is 6. The zero-order valence-corrected chi connectivity index (χ0v) is 13.1. The van der Waals surface area contributed by atoms with Gasteiger partial charge in [-0.25, -0.2) is 8.93 Å². The number of nitrogens with two attached hydrogens (primary N) is 1. The summed E-state index contributed by atoms with van der Waals surface area (Å²) in [6, 6.07) is 0. The lowest BCUT2D eigenvalue weighted by Gasteiger charge is -2.07. The fourth-order valence-electron chi connectivity index (χ4n) is 1.17. The summed E-state index contributed by atoms with van der Waals surface area (Å²) in [5, 5.41) is 0. The highest BCUT2D eigenvalue weighted by Crippen LogP contribution is 1.82. The molecule has 0 bridgehead atoms. The van der Waals surface area contributed by atoms with Crippen LogP contribution >= 0.6 is 0 Å². The van der Waals surface area contributed by atoms with Gasteiger partial charge in [0.05, 0.1) is 63.8 Å². The van der Waals surface area contributed by atoms with Crippen LogP contribution in [0, 0.1) is 0 Å². The topological polar surface area (TPSA) is 92.0 Å². The van der Waals surface area contributed by atoms with Crippen molar-refractivity contribution in [2.75, 3.05) is 71.7 Å². The molecule has 0 aromatic heterocycles. The number of hydrogen-bond donors (Lipinski definition) is 2. The smallest absolute Gasteiger partial charge is 0.0913 e. The largest absolute Gasteiger partial charge is 0.378 e. The Bertz CT molecular complexity index is 222. The van der Waals surface area contributed by atoms with Crippen molar-refractivity contribution in [1.29, 1.82) is 0 Å². The molecule has 0 amide bonds. The second kappa shape index (κ2) is 17.0. The van der Waals surface area contributed by atoms with Gasteiger partial charge in [0.25, 0.3) is 0 Å². The maximum absolute atomic E-state index is 11.0. The lowest BCUT2D eigenvalue weighted by atomic mass is 10.6. The van der Waals surface area contributed by atoms with Crippen molar-refractivity contribution in [2.45, 2.75) is 6.92 Å². The van der Waals surface area contributed by atoms with E-state index in [1.165, 1.54) is 0 Å². The Morgan fingerprint density at radius 2 is 1.30 bits per heavy atom. The molecule has 0 aromatic carbocycles. The van der Waals surface area contributed by atoms with Crippen LogP contribution in [0.4, 0.5) is 0 Å². The third-order valence-corrected chi connectivity index (χ3v) is 3.20. The van der Waals surface area contributed by atoms with Crippen LogP contribution in [0.1, 0.15) is 6.92 Å². The summed E-state index contributed by atoms with van der Waals surface area (Å²) < 4.78 is 34.9. The highest BCUT2D eigenvalue weighted by atomic mass is 32.2. The Kier molecular flexibility index (Phi) is 16.9. The number of nitrogens with one attached hydrogen (secondary N) is 1. The van der Waals surface area contributed by atoms with Crippen molar-refractivity contribution in [2.24, 2.45) is 5.73 Å². The molecule has 0 aromatic rings. The summed E-state index contributed by atoms with van der Waals surface area (Å²) in [6.45, 7) is 7.35. The minimum atomic E-state index is -0.938. The maximum atomic E-state index is 11.0. The summed E-state index contributed by atoms with van der Waals surface area (Å²) in [4.78, 5) is 0. The van der Waals surface area contributed by atoms with Gasteiger partial charge in [-0.2, -0.15) is 0 Å². The molecule has 0 heterocycles. The fourth-order valence-corrected chi connectivity index (χ4v) is 1.69. The lowest BCUT2D eigenvalue weighted by Crippen LogP contribution is -2.24. The maximum Gasteiger partial charge on any atom is 0.0913 e. The second-order valence-electron chi connectivity index (χ2n) is 3.77. The Labute approximate surface area is 124 Å². The predicted molar refractivity (Wildman–Crippen MR) is 79.0 cm³/mol. The van der Waals surface area contributed by atoms with Gasteiger partial charge in [-0.15, -0.1) is 0 Å². The molecule has 8 heteroatoms. The molecule has 0 aliphatic carbocycles. The lowest BCUT2D eigenvalue weighted by molar-refractivity contribution is -0.000329. The Morgan fingerprint density at radius 3 is 1.75 bits per heavy atom. The van der Waals surface area contributed by atoms with Crippen LogP contribution in [0.15, 0.2) is 0 Å². The molecule has 1 unspecified atom stereocenters. The van der Waals surface area contributed by atoms with Crippen LogP contribution in [0.5, 0.6) is 0 Å². The minimum Gasteiger partial charge on any atom is -0.378 e. The van der Waals surface area contributed by atoms with Crippen LogP contribution in [0.2, 0.25) is 0 Å². The molecule has 3 N–H and O–H groups in total. The molecule has 7 nitrogen and oxygen atoms in total. The van der Waals surface area contributed by atoms with E-state index in [1.807, 2.05) is 6.92 Å². The second-order valence-corrected chi connectivity index (χ2v) is 5.32. The van der Waals surface area contributed by atoms with E-state index in [-0.39, 0.29) is 0 Å². The molecule has 0 radical (unpaired) electrons. The fraction of sp³-hybridized carbons (Fsp3) is 1.00. The van der Waals surface area contributed by atoms with Gasteiger partial charge in [0.15, 0.2) is 0 Å². The number of ether oxygens (including phenoxy) is 4. The van der Waals surface area contributed by atoms with Gasteiger partial charge < -0.3 is 24.7 Å². The van der Waals surface area contributed by atoms with E-state index in [9.17, 15) is 4.21 Å². The molecule has 0 saturated heterocycles. The third kappa shape index (κ3) is 16.0. The molecule has 0 aliphatic rings. The van der Waals surface area contributed by atoms with E-state index in [1.54, 1.807) is 0 Å². The standard InChI is InChI=1S/C12H28N2O5S/c1-2-20(15)14-4-6-17-8-10-19-12-11-18-9-7-16-5-3-13/h14H,2-13H2,1H3. The van der Waals surface area contributed by atoms with E-state index in [0.29, 0.717) is 71.7 Å².